The van der Waals surface area contributed by atoms with Crippen molar-refractivity contribution < 1.29 is 17.9 Å². The lowest BCUT2D eigenvalue weighted by atomic mass is 10.00. The van der Waals surface area contributed by atoms with Gasteiger partial charge in [0.05, 0.1) is 24.4 Å². The Morgan fingerprint density at radius 3 is 2.46 bits per heavy atom. The van der Waals surface area contributed by atoms with Crippen LogP contribution in [0.5, 0.6) is 5.75 Å². The monoisotopic (exact) mass is 340 g/mol. The van der Waals surface area contributed by atoms with Crippen LogP contribution < -0.4 is 4.74 Å². The Labute approximate surface area is 140 Å². The quantitative estimate of drug-likeness (QED) is 0.782. The van der Waals surface area contributed by atoms with Crippen LogP contribution in [0.4, 0.5) is 13.2 Å². The molecular formula is C18H23F3N2O. The van der Waals surface area contributed by atoms with Gasteiger partial charge in [-0.25, -0.2) is 4.98 Å². The summed E-state index contributed by atoms with van der Waals surface area (Å²) in [6.45, 7) is 7.12. The van der Waals surface area contributed by atoms with Crippen molar-refractivity contribution in [2.75, 3.05) is 7.11 Å². The Morgan fingerprint density at radius 2 is 1.92 bits per heavy atom. The summed E-state index contributed by atoms with van der Waals surface area (Å²) in [5, 5.41) is 0. The minimum atomic E-state index is -4.20. The summed E-state index contributed by atoms with van der Waals surface area (Å²) >= 11 is 0. The molecule has 0 radical (unpaired) electrons. The molecule has 0 saturated carbocycles. The Morgan fingerprint density at radius 1 is 1.25 bits per heavy atom. The van der Waals surface area contributed by atoms with Crippen molar-refractivity contribution >= 4 is 0 Å². The predicted molar refractivity (Wildman–Crippen MR) is 87.9 cm³/mol. The fourth-order valence-corrected chi connectivity index (χ4v) is 2.74. The van der Waals surface area contributed by atoms with Crippen LogP contribution in [-0.4, -0.2) is 22.8 Å². The number of aryl methyl sites for hydroxylation is 2. The summed E-state index contributed by atoms with van der Waals surface area (Å²) in [6, 6.07) is 5.23. The van der Waals surface area contributed by atoms with Gasteiger partial charge in [-0.2, -0.15) is 13.2 Å². The van der Waals surface area contributed by atoms with Gasteiger partial charge in [0.1, 0.15) is 11.6 Å². The second-order valence-corrected chi connectivity index (χ2v) is 6.04. The lowest BCUT2D eigenvalue weighted by Gasteiger charge is -2.18. The van der Waals surface area contributed by atoms with Gasteiger partial charge in [0.2, 0.25) is 0 Å². The lowest BCUT2D eigenvalue weighted by Crippen LogP contribution is -2.21. The standard InChI is InChI=1S/C18H23F3N2O/c1-6-17-22-12(3)13(4)23(17)15-8-7-14(10-16(15)24-5)9-11(2)18(19,20)21/h7-8,10-11H,6,9H2,1-5H3. The molecule has 0 saturated heterocycles. The zero-order valence-electron chi connectivity index (χ0n) is 14.7. The number of alkyl halides is 3. The van der Waals surface area contributed by atoms with Crippen LogP contribution >= 0.6 is 0 Å². The van der Waals surface area contributed by atoms with E-state index in [1.807, 2.05) is 31.4 Å². The third-order valence-corrected chi connectivity index (χ3v) is 4.32. The fourth-order valence-electron chi connectivity index (χ4n) is 2.74. The van der Waals surface area contributed by atoms with E-state index in [2.05, 4.69) is 4.98 Å². The molecule has 0 aliphatic rings. The topological polar surface area (TPSA) is 27.1 Å². The van der Waals surface area contributed by atoms with E-state index in [9.17, 15) is 13.2 Å². The molecule has 24 heavy (non-hydrogen) atoms. The van der Waals surface area contributed by atoms with Crippen molar-refractivity contribution in [1.29, 1.82) is 0 Å². The molecule has 0 fully saturated rings. The third-order valence-electron chi connectivity index (χ3n) is 4.32. The maximum Gasteiger partial charge on any atom is 0.391 e. The Kier molecular flexibility index (Phi) is 5.26. The van der Waals surface area contributed by atoms with Crippen molar-refractivity contribution in [2.24, 2.45) is 5.92 Å². The summed E-state index contributed by atoms with van der Waals surface area (Å²) in [7, 11) is 1.53. The molecule has 0 aliphatic carbocycles. The first-order valence-corrected chi connectivity index (χ1v) is 7.97. The molecule has 6 heteroatoms. The number of methoxy groups -OCH3 is 1. The maximum atomic E-state index is 12.8. The summed E-state index contributed by atoms with van der Waals surface area (Å²) in [6.07, 6.45) is -3.51. The molecule has 1 aromatic carbocycles. The number of benzene rings is 1. The first kappa shape index (κ1) is 18.4. The van der Waals surface area contributed by atoms with Gasteiger partial charge >= 0.3 is 6.18 Å². The smallest absolute Gasteiger partial charge is 0.391 e. The van der Waals surface area contributed by atoms with Gasteiger partial charge in [0, 0.05) is 12.1 Å². The van der Waals surface area contributed by atoms with E-state index in [0.29, 0.717) is 11.3 Å². The van der Waals surface area contributed by atoms with Crippen LogP contribution in [-0.2, 0) is 12.8 Å². The summed E-state index contributed by atoms with van der Waals surface area (Å²) in [4.78, 5) is 4.54. The largest absolute Gasteiger partial charge is 0.495 e. The first-order valence-electron chi connectivity index (χ1n) is 7.97. The molecule has 1 atom stereocenters. The Balaban J connectivity index is 2.44. The van der Waals surface area contributed by atoms with Crippen molar-refractivity contribution in [1.82, 2.24) is 9.55 Å². The number of hydrogen-bond donors (Lipinski definition) is 0. The Hall–Kier alpha value is -1.98. The average molecular weight is 340 g/mol. The van der Waals surface area contributed by atoms with E-state index in [0.717, 1.165) is 29.3 Å². The minimum absolute atomic E-state index is 0.0668. The number of hydrogen-bond acceptors (Lipinski definition) is 2. The van der Waals surface area contributed by atoms with E-state index in [1.54, 1.807) is 12.1 Å². The molecule has 132 valence electrons. The highest BCUT2D eigenvalue weighted by Crippen LogP contribution is 2.32. The molecule has 0 aliphatic heterocycles. The highest BCUT2D eigenvalue weighted by atomic mass is 19.4. The first-order chi connectivity index (χ1) is 11.2. The molecular weight excluding hydrogens is 317 g/mol. The van der Waals surface area contributed by atoms with Crippen LogP contribution in [0.25, 0.3) is 5.69 Å². The van der Waals surface area contributed by atoms with Gasteiger partial charge in [-0.15, -0.1) is 0 Å². The zero-order chi connectivity index (χ0) is 18.1. The summed E-state index contributed by atoms with van der Waals surface area (Å²) in [5.41, 5.74) is 3.34. The van der Waals surface area contributed by atoms with E-state index in [1.165, 1.54) is 14.0 Å². The average Bonchev–Trinajstić information content (AvgIpc) is 2.81. The van der Waals surface area contributed by atoms with Gasteiger partial charge in [-0.05, 0) is 38.0 Å². The molecule has 3 nitrogen and oxygen atoms in total. The van der Waals surface area contributed by atoms with Gasteiger partial charge in [0.15, 0.2) is 0 Å². The van der Waals surface area contributed by atoms with E-state index in [-0.39, 0.29) is 6.42 Å². The third kappa shape index (κ3) is 3.57. The maximum absolute atomic E-state index is 12.8. The van der Waals surface area contributed by atoms with Gasteiger partial charge in [-0.3, -0.25) is 4.57 Å². The van der Waals surface area contributed by atoms with Crippen LogP contribution in [0.1, 0.15) is 36.6 Å². The van der Waals surface area contributed by atoms with Gasteiger partial charge in [-0.1, -0.05) is 19.9 Å². The van der Waals surface area contributed by atoms with E-state index in [4.69, 9.17) is 4.74 Å². The summed E-state index contributed by atoms with van der Waals surface area (Å²) in [5.74, 6) is 0.0632. The molecule has 0 spiro atoms. The molecule has 2 rings (SSSR count). The van der Waals surface area contributed by atoms with E-state index < -0.39 is 12.1 Å². The number of ether oxygens (including phenoxy) is 1. The molecule has 0 amide bonds. The molecule has 2 aromatic rings. The number of rotatable bonds is 5. The van der Waals surface area contributed by atoms with Crippen molar-refractivity contribution in [2.45, 2.75) is 46.7 Å². The van der Waals surface area contributed by atoms with Crippen LogP contribution in [0.3, 0.4) is 0 Å². The van der Waals surface area contributed by atoms with Crippen LogP contribution in [0, 0.1) is 19.8 Å². The second-order valence-electron chi connectivity index (χ2n) is 6.04. The van der Waals surface area contributed by atoms with Crippen LogP contribution in [0.15, 0.2) is 18.2 Å². The highest BCUT2D eigenvalue weighted by Gasteiger charge is 2.35. The SMILES string of the molecule is CCc1nc(C)c(C)n1-c1ccc(CC(C)C(F)(F)F)cc1OC. The Bertz CT molecular complexity index is 720. The zero-order valence-corrected chi connectivity index (χ0v) is 14.7. The molecule has 1 heterocycles. The van der Waals surface area contributed by atoms with E-state index >= 15 is 0 Å². The van der Waals surface area contributed by atoms with Crippen LogP contribution in [0.2, 0.25) is 0 Å². The number of aromatic nitrogens is 2. The van der Waals surface area contributed by atoms with Crippen molar-refractivity contribution in [3.05, 3.63) is 41.0 Å². The number of imidazole rings is 1. The molecule has 0 N–H and O–H groups in total. The molecule has 1 unspecified atom stereocenters. The minimum Gasteiger partial charge on any atom is -0.495 e. The molecule has 0 bridgehead atoms. The number of nitrogens with zero attached hydrogens (tertiary/aromatic N) is 2. The predicted octanol–water partition coefficient (Wildman–Crippen LogP) is 4.80. The normalized spacial score (nSPS) is 13.2. The fraction of sp³-hybridized carbons (Fsp3) is 0.500. The van der Waals surface area contributed by atoms with Crippen molar-refractivity contribution in [3.8, 4) is 11.4 Å². The number of halogens is 3. The lowest BCUT2D eigenvalue weighted by molar-refractivity contribution is -0.169. The summed E-state index contributed by atoms with van der Waals surface area (Å²) < 4.78 is 45.8. The highest BCUT2D eigenvalue weighted by molar-refractivity contribution is 5.51. The second kappa shape index (κ2) is 6.87. The van der Waals surface area contributed by atoms with Gasteiger partial charge < -0.3 is 4.74 Å². The van der Waals surface area contributed by atoms with Gasteiger partial charge in [0.25, 0.3) is 0 Å². The molecule has 1 aromatic heterocycles. The van der Waals surface area contributed by atoms with Crippen molar-refractivity contribution in [3.63, 3.8) is 0 Å².